The van der Waals surface area contributed by atoms with Gasteiger partial charge in [-0.25, -0.2) is 0 Å². The molecule has 0 saturated carbocycles. The first-order chi connectivity index (χ1) is 14.0. The summed E-state index contributed by atoms with van der Waals surface area (Å²) in [5.74, 6) is 0.00442. The van der Waals surface area contributed by atoms with Crippen LogP contribution in [0.4, 0.5) is 0 Å². The van der Waals surface area contributed by atoms with Crippen LogP contribution in [0, 0.1) is 13.8 Å². The number of Topliss-reactive ketones (excluding diaryl/α,β-unsaturated/α-hetero) is 1. The molecule has 4 rings (SSSR count). The fourth-order valence-corrected chi connectivity index (χ4v) is 4.15. The summed E-state index contributed by atoms with van der Waals surface area (Å²) in [5, 5.41) is 2.68. The second kappa shape index (κ2) is 7.85. The Hall–Kier alpha value is -2.89. The van der Waals surface area contributed by atoms with Crippen LogP contribution in [0.1, 0.15) is 20.8 Å². The zero-order valence-corrected chi connectivity index (χ0v) is 17.4. The maximum Gasteiger partial charge on any atom is 0.235 e. The number of ketones is 1. The number of ether oxygens (including phenoxy) is 1. The van der Waals surface area contributed by atoms with Gasteiger partial charge in [0.05, 0.1) is 15.3 Å². The summed E-state index contributed by atoms with van der Waals surface area (Å²) in [5.41, 5.74) is 2.43. The van der Waals surface area contributed by atoms with Crippen molar-refractivity contribution in [1.29, 1.82) is 0 Å². The van der Waals surface area contributed by atoms with E-state index in [1.54, 1.807) is 36.4 Å². The Morgan fingerprint density at radius 2 is 1.93 bits per heavy atom. The SMILES string of the molecule is Cc1cc(C)c2c(=O)c(OCC(=O)c3cccs3)c(-c3ccccc3Cl)oc2c1. The fraction of sp³-hybridized carbons (Fsp3) is 0.130. The molecule has 0 aliphatic heterocycles. The van der Waals surface area contributed by atoms with Crippen LogP contribution in [-0.4, -0.2) is 12.4 Å². The lowest BCUT2D eigenvalue weighted by Crippen LogP contribution is -2.17. The van der Waals surface area contributed by atoms with Crippen molar-refractivity contribution in [3.8, 4) is 17.1 Å². The molecule has 0 atom stereocenters. The molecule has 4 nitrogen and oxygen atoms in total. The number of thiophene rings is 1. The number of benzene rings is 2. The van der Waals surface area contributed by atoms with Crippen LogP contribution in [0.3, 0.4) is 0 Å². The maximum absolute atomic E-state index is 13.3. The molecule has 0 spiro atoms. The standard InChI is InChI=1S/C23H17ClO4S/c1-13-10-14(2)20-18(11-13)28-22(15-6-3-4-7-16(15)24)23(21(20)26)27-12-17(25)19-8-5-9-29-19/h3-11H,12H2,1-2H3. The Morgan fingerprint density at radius 3 is 2.66 bits per heavy atom. The van der Waals surface area contributed by atoms with Crippen LogP contribution in [0.5, 0.6) is 5.75 Å². The molecule has 0 aliphatic carbocycles. The van der Waals surface area contributed by atoms with E-state index in [-0.39, 0.29) is 29.3 Å². The second-order valence-corrected chi connectivity index (χ2v) is 8.07. The van der Waals surface area contributed by atoms with Gasteiger partial charge >= 0.3 is 0 Å². The number of hydrogen-bond acceptors (Lipinski definition) is 5. The molecule has 4 aromatic rings. The molecule has 0 fully saturated rings. The average Bonchev–Trinajstić information content (AvgIpc) is 3.21. The van der Waals surface area contributed by atoms with Crippen LogP contribution >= 0.6 is 22.9 Å². The van der Waals surface area contributed by atoms with Gasteiger partial charge < -0.3 is 9.15 Å². The molecule has 146 valence electrons. The second-order valence-electron chi connectivity index (χ2n) is 6.71. The molecule has 0 saturated heterocycles. The van der Waals surface area contributed by atoms with Crippen molar-refractivity contribution in [2.45, 2.75) is 13.8 Å². The number of halogens is 1. The third-order valence-electron chi connectivity index (χ3n) is 4.56. The first-order valence-electron chi connectivity index (χ1n) is 8.98. The van der Waals surface area contributed by atoms with Crippen LogP contribution < -0.4 is 10.2 Å². The van der Waals surface area contributed by atoms with E-state index >= 15 is 0 Å². The fourth-order valence-electron chi connectivity index (χ4n) is 3.27. The molecule has 2 heterocycles. The summed E-state index contributed by atoms with van der Waals surface area (Å²) in [7, 11) is 0. The van der Waals surface area contributed by atoms with Gasteiger partial charge in [0.25, 0.3) is 0 Å². The van der Waals surface area contributed by atoms with Crippen molar-refractivity contribution in [3.05, 3.63) is 85.2 Å². The van der Waals surface area contributed by atoms with Crippen molar-refractivity contribution in [2.75, 3.05) is 6.61 Å². The van der Waals surface area contributed by atoms with Gasteiger partial charge in [-0.05, 0) is 54.6 Å². The monoisotopic (exact) mass is 424 g/mol. The molecule has 2 aromatic carbocycles. The minimum absolute atomic E-state index is 0.0116. The topological polar surface area (TPSA) is 56.5 Å². The molecule has 2 aromatic heterocycles. The smallest absolute Gasteiger partial charge is 0.235 e. The molecule has 6 heteroatoms. The highest BCUT2D eigenvalue weighted by Crippen LogP contribution is 2.36. The number of hydrogen-bond donors (Lipinski definition) is 0. The molecule has 0 N–H and O–H groups in total. The van der Waals surface area contributed by atoms with Crippen molar-refractivity contribution >= 4 is 39.7 Å². The molecular formula is C23H17ClO4S. The van der Waals surface area contributed by atoms with E-state index in [4.69, 9.17) is 20.8 Å². The lowest BCUT2D eigenvalue weighted by atomic mass is 10.0. The molecule has 0 aliphatic rings. The lowest BCUT2D eigenvalue weighted by molar-refractivity contribution is 0.0924. The Labute approximate surface area is 176 Å². The van der Waals surface area contributed by atoms with Gasteiger partial charge in [0, 0.05) is 5.56 Å². The molecule has 0 bridgehead atoms. The Kier molecular flexibility index (Phi) is 5.26. The number of carbonyl (C=O) groups excluding carboxylic acids is 1. The normalized spacial score (nSPS) is 11.0. The van der Waals surface area contributed by atoms with Gasteiger partial charge in [-0.15, -0.1) is 11.3 Å². The van der Waals surface area contributed by atoms with E-state index in [1.807, 2.05) is 31.4 Å². The van der Waals surface area contributed by atoms with Crippen molar-refractivity contribution in [3.63, 3.8) is 0 Å². The summed E-state index contributed by atoms with van der Waals surface area (Å²) in [6.07, 6.45) is 0. The third kappa shape index (κ3) is 3.71. The number of fused-ring (bicyclic) bond motifs is 1. The van der Waals surface area contributed by atoms with E-state index in [9.17, 15) is 9.59 Å². The number of rotatable bonds is 5. The van der Waals surface area contributed by atoms with E-state index in [1.165, 1.54) is 11.3 Å². The Balaban J connectivity index is 1.89. The van der Waals surface area contributed by atoms with Crippen LogP contribution in [0.2, 0.25) is 5.02 Å². The predicted molar refractivity (Wildman–Crippen MR) is 117 cm³/mol. The van der Waals surface area contributed by atoms with Gasteiger partial charge in [-0.2, -0.15) is 0 Å². The van der Waals surface area contributed by atoms with Gasteiger partial charge in [0.2, 0.25) is 17.0 Å². The van der Waals surface area contributed by atoms with Gasteiger partial charge in [-0.1, -0.05) is 35.9 Å². The Bertz CT molecular complexity index is 1270. The highest BCUT2D eigenvalue weighted by atomic mass is 35.5. The highest BCUT2D eigenvalue weighted by molar-refractivity contribution is 7.12. The largest absolute Gasteiger partial charge is 0.478 e. The first-order valence-corrected chi connectivity index (χ1v) is 10.2. The summed E-state index contributed by atoms with van der Waals surface area (Å²) in [6, 6.07) is 14.3. The number of carbonyl (C=O) groups is 1. The molecule has 0 unspecified atom stereocenters. The molecule has 0 radical (unpaired) electrons. The van der Waals surface area contributed by atoms with Crippen LogP contribution in [0.25, 0.3) is 22.3 Å². The van der Waals surface area contributed by atoms with E-state index < -0.39 is 0 Å². The lowest BCUT2D eigenvalue weighted by Gasteiger charge is -2.13. The maximum atomic E-state index is 13.3. The van der Waals surface area contributed by atoms with E-state index in [2.05, 4.69) is 0 Å². The minimum atomic E-state index is -0.322. The van der Waals surface area contributed by atoms with E-state index in [0.29, 0.717) is 26.4 Å². The third-order valence-corrected chi connectivity index (χ3v) is 5.80. The van der Waals surface area contributed by atoms with Crippen molar-refractivity contribution in [1.82, 2.24) is 0 Å². The van der Waals surface area contributed by atoms with Crippen molar-refractivity contribution < 1.29 is 13.9 Å². The van der Waals surface area contributed by atoms with Gasteiger partial charge in [0.1, 0.15) is 5.58 Å². The summed E-state index contributed by atoms with van der Waals surface area (Å²) >= 11 is 7.69. The quantitative estimate of drug-likeness (QED) is 0.366. The molecule has 0 amide bonds. The molecule has 29 heavy (non-hydrogen) atoms. The van der Waals surface area contributed by atoms with Crippen LogP contribution in [0.15, 0.2) is 63.1 Å². The number of aryl methyl sites for hydroxylation is 2. The zero-order valence-electron chi connectivity index (χ0n) is 15.8. The van der Waals surface area contributed by atoms with Crippen LogP contribution in [-0.2, 0) is 0 Å². The predicted octanol–water partition coefficient (Wildman–Crippen LogP) is 6.05. The summed E-state index contributed by atoms with van der Waals surface area (Å²) in [4.78, 5) is 26.3. The Morgan fingerprint density at radius 1 is 1.14 bits per heavy atom. The van der Waals surface area contributed by atoms with Gasteiger partial charge in [-0.3, -0.25) is 9.59 Å². The van der Waals surface area contributed by atoms with Crippen molar-refractivity contribution in [2.24, 2.45) is 0 Å². The molecular weight excluding hydrogens is 408 g/mol. The average molecular weight is 425 g/mol. The summed E-state index contributed by atoms with van der Waals surface area (Å²) in [6.45, 7) is 3.52. The first kappa shape index (κ1) is 19.4. The van der Waals surface area contributed by atoms with Gasteiger partial charge in [0.15, 0.2) is 12.4 Å². The summed E-state index contributed by atoms with van der Waals surface area (Å²) < 4.78 is 11.9. The van der Waals surface area contributed by atoms with E-state index in [0.717, 1.165) is 11.1 Å². The zero-order chi connectivity index (χ0) is 20.5. The minimum Gasteiger partial charge on any atom is -0.478 e. The highest BCUT2D eigenvalue weighted by Gasteiger charge is 2.22.